The maximum atomic E-state index is 13.7. The van der Waals surface area contributed by atoms with Crippen LogP contribution >= 0.6 is 15.9 Å². The van der Waals surface area contributed by atoms with Crippen molar-refractivity contribution in [3.63, 3.8) is 0 Å². The highest BCUT2D eigenvalue weighted by molar-refractivity contribution is 9.10. The van der Waals surface area contributed by atoms with E-state index in [1.807, 2.05) is 0 Å². The minimum absolute atomic E-state index is 0.00904. The molecule has 1 saturated heterocycles. The maximum Gasteiger partial charge on any atom is 0.437 e. The third-order valence-electron chi connectivity index (χ3n) is 4.38. The molecule has 1 aliphatic heterocycles. The highest BCUT2D eigenvalue weighted by Crippen LogP contribution is 2.44. The first-order valence-corrected chi connectivity index (χ1v) is 8.65. The van der Waals surface area contributed by atoms with Crippen LogP contribution in [0.15, 0.2) is 59.1 Å². The van der Waals surface area contributed by atoms with E-state index in [1.165, 1.54) is 41.7 Å². The smallest absolute Gasteiger partial charge is 0.363 e. The Kier molecular flexibility index (Phi) is 5.00. The second kappa shape index (κ2) is 6.97. The van der Waals surface area contributed by atoms with Crippen molar-refractivity contribution in [2.24, 2.45) is 5.92 Å². The molecule has 3 N–H and O–H groups in total. The van der Waals surface area contributed by atoms with Gasteiger partial charge in [-0.1, -0.05) is 58.4 Å². The third-order valence-corrected chi connectivity index (χ3v) is 4.90. The number of benzene rings is 2. The number of urea groups is 1. The molecule has 0 bridgehead atoms. The van der Waals surface area contributed by atoms with E-state index in [0.29, 0.717) is 4.47 Å². The standard InChI is InChI=1S/C18H14BrF3N2O3/c19-12-8-6-10(7-9-12)14-13(15(25)11-4-2-1-3-5-11)17(27,18(20,21)22)24-16(26)23-14/h1-9,13-14,27H,(H2,23,24,26)/t13-,14-,17+/m0/s1. The quantitative estimate of drug-likeness (QED) is 0.636. The number of hydrogen-bond donors (Lipinski definition) is 3. The molecular weight excluding hydrogens is 429 g/mol. The van der Waals surface area contributed by atoms with Crippen molar-refractivity contribution in [1.82, 2.24) is 10.6 Å². The molecule has 1 fully saturated rings. The van der Waals surface area contributed by atoms with Crippen LogP contribution < -0.4 is 10.6 Å². The molecule has 0 unspecified atom stereocenters. The SMILES string of the molecule is O=C1N[C@@H](c2ccc(Br)cc2)[C@@H](C(=O)c2ccccc2)[C@@](O)(C(F)(F)F)N1. The Labute approximate surface area is 160 Å². The number of hydrogen-bond acceptors (Lipinski definition) is 3. The topological polar surface area (TPSA) is 78.4 Å². The van der Waals surface area contributed by atoms with Crippen LogP contribution in [0.1, 0.15) is 22.0 Å². The molecule has 1 heterocycles. The summed E-state index contributed by atoms with van der Waals surface area (Å²) in [4.78, 5) is 24.8. The predicted molar refractivity (Wildman–Crippen MR) is 93.8 cm³/mol. The van der Waals surface area contributed by atoms with Gasteiger partial charge in [-0.25, -0.2) is 4.79 Å². The lowest BCUT2D eigenvalue weighted by molar-refractivity contribution is -0.287. The highest BCUT2D eigenvalue weighted by Gasteiger charge is 2.66. The fraction of sp³-hybridized carbons (Fsp3) is 0.222. The van der Waals surface area contributed by atoms with Gasteiger partial charge in [-0.15, -0.1) is 0 Å². The number of rotatable bonds is 3. The van der Waals surface area contributed by atoms with Crippen molar-refractivity contribution in [3.05, 3.63) is 70.2 Å². The fourth-order valence-corrected chi connectivity index (χ4v) is 3.33. The molecule has 2 amide bonds. The van der Waals surface area contributed by atoms with Gasteiger partial charge in [0.05, 0.1) is 6.04 Å². The van der Waals surface area contributed by atoms with Gasteiger partial charge in [-0.3, -0.25) is 4.79 Å². The zero-order valence-electron chi connectivity index (χ0n) is 13.6. The summed E-state index contributed by atoms with van der Waals surface area (Å²) in [5, 5.41) is 14.3. The molecule has 0 spiro atoms. The van der Waals surface area contributed by atoms with E-state index in [1.54, 1.807) is 18.2 Å². The van der Waals surface area contributed by atoms with Crippen LogP contribution in [0.25, 0.3) is 0 Å². The van der Waals surface area contributed by atoms with Crippen LogP contribution in [0, 0.1) is 5.92 Å². The van der Waals surface area contributed by atoms with Gasteiger partial charge in [-0.05, 0) is 17.7 Å². The average Bonchev–Trinajstić information content (AvgIpc) is 2.61. The molecule has 1 aliphatic rings. The number of carbonyl (C=O) groups excluding carboxylic acids is 2. The molecule has 3 atom stereocenters. The Hall–Kier alpha value is -2.39. The lowest BCUT2D eigenvalue weighted by atomic mass is 9.77. The molecule has 0 aromatic heterocycles. The summed E-state index contributed by atoms with van der Waals surface area (Å²) in [5.74, 6) is -2.98. The van der Waals surface area contributed by atoms with Crippen molar-refractivity contribution < 1.29 is 27.9 Å². The van der Waals surface area contributed by atoms with Gasteiger partial charge < -0.3 is 15.7 Å². The summed E-state index contributed by atoms with van der Waals surface area (Å²) >= 11 is 3.22. The van der Waals surface area contributed by atoms with Crippen LogP contribution in [0.5, 0.6) is 0 Å². The number of aliphatic hydroxyl groups is 1. The fourth-order valence-electron chi connectivity index (χ4n) is 3.07. The van der Waals surface area contributed by atoms with E-state index in [-0.39, 0.29) is 11.1 Å². The van der Waals surface area contributed by atoms with Gasteiger partial charge in [0, 0.05) is 10.0 Å². The van der Waals surface area contributed by atoms with Crippen molar-refractivity contribution in [2.45, 2.75) is 17.9 Å². The third kappa shape index (κ3) is 3.57. The van der Waals surface area contributed by atoms with E-state index < -0.39 is 35.7 Å². The van der Waals surface area contributed by atoms with Gasteiger partial charge in [0.25, 0.3) is 0 Å². The lowest BCUT2D eigenvalue weighted by Gasteiger charge is -2.45. The van der Waals surface area contributed by atoms with Crippen molar-refractivity contribution >= 4 is 27.7 Å². The molecule has 2 aromatic rings. The molecule has 5 nitrogen and oxygen atoms in total. The average molecular weight is 443 g/mol. The zero-order chi connectivity index (χ0) is 19.8. The van der Waals surface area contributed by atoms with E-state index in [9.17, 15) is 27.9 Å². The van der Waals surface area contributed by atoms with E-state index in [0.717, 1.165) is 0 Å². The number of amides is 2. The molecule has 0 saturated carbocycles. The van der Waals surface area contributed by atoms with E-state index >= 15 is 0 Å². The Morgan fingerprint density at radius 2 is 1.67 bits per heavy atom. The number of alkyl halides is 3. The largest absolute Gasteiger partial charge is 0.437 e. The minimum Gasteiger partial charge on any atom is -0.363 e. The molecule has 142 valence electrons. The first-order valence-electron chi connectivity index (χ1n) is 7.86. The van der Waals surface area contributed by atoms with Crippen LogP contribution in [-0.2, 0) is 0 Å². The van der Waals surface area contributed by atoms with Gasteiger partial charge in [0.1, 0.15) is 5.92 Å². The van der Waals surface area contributed by atoms with Crippen LogP contribution in [0.2, 0.25) is 0 Å². The Balaban J connectivity index is 2.15. The molecule has 9 heteroatoms. The van der Waals surface area contributed by atoms with Crippen LogP contribution in [-0.4, -0.2) is 28.8 Å². The summed E-state index contributed by atoms with van der Waals surface area (Å²) in [6.45, 7) is 0. The Morgan fingerprint density at radius 3 is 2.22 bits per heavy atom. The molecule has 0 aliphatic carbocycles. The molecule has 3 rings (SSSR count). The summed E-state index contributed by atoms with van der Waals surface area (Å²) in [5.41, 5.74) is -3.48. The Bertz CT molecular complexity index is 858. The number of ketones is 1. The number of Topliss-reactive ketones (excluding diaryl/α,β-unsaturated/α-hetero) is 1. The molecular formula is C18H14BrF3N2O3. The van der Waals surface area contributed by atoms with Crippen LogP contribution in [0.3, 0.4) is 0 Å². The van der Waals surface area contributed by atoms with E-state index in [4.69, 9.17) is 0 Å². The lowest BCUT2D eigenvalue weighted by Crippen LogP contribution is -2.72. The van der Waals surface area contributed by atoms with Crippen molar-refractivity contribution in [3.8, 4) is 0 Å². The van der Waals surface area contributed by atoms with Crippen LogP contribution in [0.4, 0.5) is 18.0 Å². The van der Waals surface area contributed by atoms with Gasteiger partial charge in [-0.2, -0.15) is 13.2 Å². The normalized spacial score (nSPS) is 25.4. The first kappa shape index (κ1) is 19.4. The van der Waals surface area contributed by atoms with Crippen molar-refractivity contribution in [1.29, 1.82) is 0 Å². The highest BCUT2D eigenvalue weighted by atomic mass is 79.9. The monoisotopic (exact) mass is 442 g/mol. The summed E-state index contributed by atoms with van der Waals surface area (Å²) < 4.78 is 41.8. The summed E-state index contributed by atoms with van der Waals surface area (Å²) in [6, 6.07) is 10.8. The number of halogens is 4. The number of carbonyl (C=O) groups is 2. The second-order valence-electron chi connectivity index (χ2n) is 6.10. The minimum atomic E-state index is -5.27. The van der Waals surface area contributed by atoms with Crippen molar-refractivity contribution in [2.75, 3.05) is 0 Å². The second-order valence-corrected chi connectivity index (χ2v) is 7.02. The zero-order valence-corrected chi connectivity index (χ0v) is 15.2. The van der Waals surface area contributed by atoms with Gasteiger partial charge in [0.15, 0.2) is 5.78 Å². The summed E-state index contributed by atoms with van der Waals surface area (Å²) in [6.07, 6.45) is -5.27. The molecule has 0 radical (unpaired) electrons. The predicted octanol–water partition coefficient (Wildman–Crippen LogP) is 3.55. The Morgan fingerprint density at radius 1 is 1.07 bits per heavy atom. The maximum absolute atomic E-state index is 13.7. The first-order chi connectivity index (χ1) is 12.6. The molecule has 2 aromatic carbocycles. The van der Waals surface area contributed by atoms with Gasteiger partial charge in [0.2, 0.25) is 5.72 Å². The molecule has 27 heavy (non-hydrogen) atoms. The number of nitrogens with one attached hydrogen (secondary N) is 2. The summed E-state index contributed by atoms with van der Waals surface area (Å²) in [7, 11) is 0. The van der Waals surface area contributed by atoms with E-state index in [2.05, 4.69) is 21.2 Å². The van der Waals surface area contributed by atoms with Gasteiger partial charge >= 0.3 is 12.2 Å².